The lowest BCUT2D eigenvalue weighted by Crippen LogP contribution is -2.48. The topological polar surface area (TPSA) is 40.5 Å². The highest BCUT2D eigenvalue weighted by Crippen LogP contribution is 2.59. The quantitative estimate of drug-likeness (QED) is 0.520. The fourth-order valence-corrected chi connectivity index (χ4v) is 3.72. The molecule has 0 saturated heterocycles. The van der Waals surface area contributed by atoms with Crippen molar-refractivity contribution < 1.29 is 10.2 Å². The van der Waals surface area contributed by atoms with E-state index in [9.17, 15) is 0 Å². The molecule has 0 aromatic carbocycles. The summed E-state index contributed by atoms with van der Waals surface area (Å²) in [6.45, 7) is 9.62. The number of allylic oxidation sites excluding steroid dienone is 2. The summed E-state index contributed by atoms with van der Waals surface area (Å²) in [7, 11) is 0. The smallest absolute Gasteiger partial charge is 0.0468 e. The van der Waals surface area contributed by atoms with E-state index in [1.807, 2.05) is 0 Å². The zero-order valence-corrected chi connectivity index (χ0v) is 15.1. The van der Waals surface area contributed by atoms with Gasteiger partial charge in [-0.05, 0) is 56.3 Å². The van der Waals surface area contributed by atoms with Crippen LogP contribution in [0.15, 0.2) is 23.3 Å². The van der Waals surface area contributed by atoms with Gasteiger partial charge in [0.25, 0.3) is 0 Å². The Morgan fingerprint density at radius 1 is 1.32 bits per heavy atom. The predicted octanol–water partition coefficient (Wildman–Crippen LogP) is 4.87. The molecule has 128 valence electrons. The molecular formula is C20H36O2. The van der Waals surface area contributed by atoms with Gasteiger partial charge in [0, 0.05) is 13.2 Å². The Kier molecular flexibility index (Phi) is 8.41. The van der Waals surface area contributed by atoms with Crippen LogP contribution in [-0.4, -0.2) is 23.4 Å². The van der Waals surface area contributed by atoms with Crippen molar-refractivity contribution in [3.05, 3.63) is 23.3 Å². The summed E-state index contributed by atoms with van der Waals surface area (Å²) < 4.78 is 0. The number of hydrogen-bond donors (Lipinski definition) is 2. The zero-order valence-electron chi connectivity index (χ0n) is 15.1. The number of hydrogen-bond acceptors (Lipinski definition) is 2. The number of aliphatic hydroxyl groups excluding tert-OH is 2. The molecule has 1 saturated carbocycles. The number of aliphatic hydroxyl groups is 2. The summed E-state index contributed by atoms with van der Waals surface area (Å²) in [6.07, 6.45) is 12.6. The Labute approximate surface area is 137 Å². The first-order valence-electron chi connectivity index (χ1n) is 9.03. The van der Waals surface area contributed by atoms with E-state index in [1.165, 1.54) is 43.3 Å². The van der Waals surface area contributed by atoms with Crippen LogP contribution in [0, 0.1) is 17.3 Å². The van der Waals surface area contributed by atoms with Crippen molar-refractivity contribution in [1.82, 2.24) is 0 Å². The highest BCUT2D eigenvalue weighted by molar-refractivity contribution is 5.23. The first-order chi connectivity index (χ1) is 10.5. The van der Waals surface area contributed by atoms with Crippen LogP contribution in [0.1, 0.15) is 72.6 Å². The van der Waals surface area contributed by atoms with E-state index in [2.05, 4.69) is 39.8 Å². The third-order valence-corrected chi connectivity index (χ3v) is 5.54. The molecule has 1 fully saturated rings. The second-order valence-electron chi connectivity index (χ2n) is 7.46. The van der Waals surface area contributed by atoms with Gasteiger partial charge in [-0.25, -0.2) is 0 Å². The van der Waals surface area contributed by atoms with Gasteiger partial charge >= 0.3 is 0 Å². The van der Waals surface area contributed by atoms with Gasteiger partial charge in [0.1, 0.15) is 0 Å². The van der Waals surface area contributed by atoms with Crippen molar-refractivity contribution in [3.8, 4) is 0 Å². The Morgan fingerprint density at radius 3 is 2.55 bits per heavy atom. The largest absolute Gasteiger partial charge is 0.396 e. The van der Waals surface area contributed by atoms with E-state index in [1.54, 1.807) is 0 Å². The van der Waals surface area contributed by atoms with Gasteiger partial charge in [0.05, 0.1) is 0 Å². The molecule has 2 atom stereocenters. The second-order valence-corrected chi connectivity index (χ2v) is 7.46. The summed E-state index contributed by atoms with van der Waals surface area (Å²) in [4.78, 5) is 0. The van der Waals surface area contributed by atoms with Crippen LogP contribution in [0.4, 0.5) is 0 Å². The molecule has 2 nitrogen and oxygen atoms in total. The van der Waals surface area contributed by atoms with Crippen LogP contribution in [0.3, 0.4) is 0 Å². The molecule has 0 amide bonds. The van der Waals surface area contributed by atoms with E-state index in [4.69, 9.17) is 10.2 Å². The third-order valence-electron chi connectivity index (χ3n) is 5.54. The standard InChI is InChI=1S/C11H18O.C9H18O/c1-11(2)9-4-3-8(5-6-12)10(11)7-9;1-3-4-5-6-9(2)7-8-10/h3,9-10,12H,4-7H2,1-2H3;6,10H,3-5,7-8H2,1-2H3/b;9-6-. The molecule has 0 spiro atoms. The predicted molar refractivity (Wildman–Crippen MR) is 94.8 cm³/mol. The van der Waals surface area contributed by atoms with Crippen LogP contribution in [0.2, 0.25) is 0 Å². The Hall–Kier alpha value is -0.600. The summed E-state index contributed by atoms with van der Waals surface area (Å²) >= 11 is 0. The van der Waals surface area contributed by atoms with E-state index in [0.717, 1.165) is 24.7 Å². The fraction of sp³-hybridized carbons (Fsp3) is 0.800. The zero-order chi connectivity index (χ0) is 16.6. The summed E-state index contributed by atoms with van der Waals surface area (Å²) in [5.74, 6) is 1.70. The van der Waals surface area contributed by atoms with Crippen LogP contribution in [-0.2, 0) is 0 Å². The minimum Gasteiger partial charge on any atom is -0.396 e. The minimum atomic E-state index is 0.286. The van der Waals surface area contributed by atoms with Crippen LogP contribution in [0.25, 0.3) is 0 Å². The molecule has 0 aromatic heterocycles. The SMILES string of the molecule is CC1(C)C2CC=C(CCO)C1C2.CCCC/C=C(/C)CCO. The van der Waals surface area contributed by atoms with Crippen molar-refractivity contribution in [2.24, 2.45) is 17.3 Å². The first kappa shape index (κ1) is 19.4. The Balaban J connectivity index is 0.000000225. The molecule has 2 N–H and O–H groups in total. The lowest BCUT2D eigenvalue weighted by molar-refractivity contribution is -0.00943. The van der Waals surface area contributed by atoms with E-state index in [0.29, 0.717) is 12.0 Å². The highest BCUT2D eigenvalue weighted by atomic mass is 16.3. The molecule has 0 aromatic rings. The summed E-state index contributed by atoms with van der Waals surface area (Å²) in [6, 6.07) is 0. The monoisotopic (exact) mass is 308 g/mol. The normalized spacial score (nSPS) is 25.7. The second kappa shape index (κ2) is 9.52. The maximum absolute atomic E-state index is 8.88. The number of unbranched alkanes of at least 4 members (excludes halogenated alkanes) is 2. The van der Waals surface area contributed by atoms with Crippen LogP contribution < -0.4 is 0 Å². The van der Waals surface area contributed by atoms with Crippen LogP contribution >= 0.6 is 0 Å². The molecular weight excluding hydrogens is 272 g/mol. The minimum absolute atomic E-state index is 0.286. The molecule has 3 rings (SSSR count). The number of rotatable bonds is 7. The fourth-order valence-electron chi connectivity index (χ4n) is 3.72. The van der Waals surface area contributed by atoms with Crippen molar-refractivity contribution >= 4 is 0 Å². The van der Waals surface area contributed by atoms with Crippen LogP contribution in [0.5, 0.6) is 0 Å². The van der Waals surface area contributed by atoms with Gasteiger partial charge in [0.2, 0.25) is 0 Å². The molecule has 2 unspecified atom stereocenters. The highest BCUT2D eigenvalue weighted by Gasteiger charge is 2.50. The molecule has 0 aliphatic heterocycles. The molecule has 3 aliphatic rings. The Bertz CT molecular complexity index is 379. The van der Waals surface area contributed by atoms with Gasteiger partial charge in [-0.2, -0.15) is 0 Å². The van der Waals surface area contributed by atoms with Crippen molar-refractivity contribution in [1.29, 1.82) is 0 Å². The lowest BCUT2D eigenvalue weighted by atomic mass is 9.48. The van der Waals surface area contributed by atoms with Gasteiger partial charge < -0.3 is 10.2 Å². The van der Waals surface area contributed by atoms with E-state index in [-0.39, 0.29) is 6.61 Å². The molecule has 3 aliphatic carbocycles. The van der Waals surface area contributed by atoms with E-state index < -0.39 is 0 Å². The molecule has 2 heteroatoms. The van der Waals surface area contributed by atoms with Gasteiger partial charge in [-0.15, -0.1) is 0 Å². The third kappa shape index (κ3) is 5.24. The van der Waals surface area contributed by atoms with Gasteiger partial charge in [-0.1, -0.05) is 56.9 Å². The molecule has 0 heterocycles. The van der Waals surface area contributed by atoms with Crippen molar-refractivity contribution in [2.45, 2.75) is 72.6 Å². The average molecular weight is 309 g/mol. The van der Waals surface area contributed by atoms with Gasteiger partial charge in [0.15, 0.2) is 0 Å². The van der Waals surface area contributed by atoms with Gasteiger partial charge in [-0.3, -0.25) is 0 Å². The lowest BCUT2D eigenvalue weighted by Gasteiger charge is -2.56. The molecule has 2 bridgehead atoms. The maximum atomic E-state index is 8.88. The summed E-state index contributed by atoms with van der Waals surface area (Å²) in [5, 5.41) is 17.4. The van der Waals surface area contributed by atoms with Crippen molar-refractivity contribution in [3.63, 3.8) is 0 Å². The number of fused-ring (bicyclic) bond motifs is 1. The first-order valence-corrected chi connectivity index (χ1v) is 9.03. The summed E-state index contributed by atoms with van der Waals surface area (Å²) in [5.41, 5.74) is 3.36. The maximum Gasteiger partial charge on any atom is 0.0468 e. The van der Waals surface area contributed by atoms with E-state index >= 15 is 0 Å². The van der Waals surface area contributed by atoms with Crippen molar-refractivity contribution in [2.75, 3.05) is 13.2 Å². The Morgan fingerprint density at radius 2 is 2.05 bits per heavy atom. The molecule has 22 heavy (non-hydrogen) atoms. The molecule has 0 radical (unpaired) electrons. The average Bonchev–Trinajstić information content (AvgIpc) is 2.49.